The lowest BCUT2D eigenvalue weighted by Crippen LogP contribution is -2.24. The highest BCUT2D eigenvalue weighted by Crippen LogP contribution is 2.14. The summed E-state index contributed by atoms with van der Waals surface area (Å²) in [4.78, 5) is 11.2. The first kappa shape index (κ1) is 18.7. The highest BCUT2D eigenvalue weighted by molar-refractivity contribution is 5.38. The summed E-state index contributed by atoms with van der Waals surface area (Å²) in [7, 11) is 0. The number of hydrogen-bond acceptors (Lipinski definition) is 5. The SMILES string of the molecule is CCN(CC)CCCCNc1cc(OCC(C)C)nc(C)n1. The summed E-state index contributed by atoms with van der Waals surface area (Å²) in [5.41, 5.74) is 0. The molecule has 5 nitrogen and oxygen atoms in total. The maximum absolute atomic E-state index is 5.68. The van der Waals surface area contributed by atoms with Gasteiger partial charge >= 0.3 is 0 Å². The van der Waals surface area contributed by atoms with Crippen molar-refractivity contribution in [2.24, 2.45) is 5.92 Å². The molecule has 0 amide bonds. The number of unbranched alkanes of at least 4 members (excludes halogenated alkanes) is 1. The van der Waals surface area contributed by atoms with Crippen LogP contribution in [0.25, 0.3) is 0 Å². The number of hydrogen-bond donors (Lipinski definition) is 1. The molecular formula is C17H32N4O. The van der Waals surface area contributed by atoms with Crippen LogP contribution in [0.1, 0.15) is 46.4 Å². The molecule has 126 valence electrons. The van der Waals surface area contributed by atoms with Crippen LogP contribution in [0.15, 0.2) is 6.07 Å². The second-order valence-corrected chi connectivity index (χ2v) is 6.00. The minimum atomic E-state index is 0.492. The van der Waals surface area contributed by atoms with Gasteiger partial charge in [-0.3, -0.25) is 0 Å². The molecule has 1 aromatic heterocycles. The molecule has 1 N–H and O–H groups in total. The first-order valence-corrected chi connectivity index (χ1v) is 8.49. The van der Waals surface area contributed by atoms with Crippen LogP contribution in [0.2, 0.25) is 0 Å². The number of aromatic nitrogens is 2. The Labute approximate surface area is 135 Å². The molecule has 1 aromatic rings. The van der Waals surface area contributed by atoms with Gasteiger partial charge in [0.1, 0.15) is 11.6 Å². The van der Waals surface area contributed by atoms with Crippen molar-refractivity contribution < 1.29 is 4.74 Å². The number of nitrogens with one attached hydrogen (secondary N) is 1. The molecular weight excluding hydrogens is 276 g/mol. The number of anilines is 1. The predicted octanol–water partition coefficient (Wildman–Crippen LogP) is 3.35. The molecule has 0 aromatic carbocycles. The van der Waals surface area contributed by atoms with E-state index in [9.17, 15) is 0 Å². The lowest BCUT2D eigenvalue weighted by atomic mass is 10.2. The van der Waals surface area contributed by atoms with Gasteiger partial charge in [-0.15, -0.1) is 0 Å². The van der Waals surface area contributed by atoms with Crippen LogP contribution in [-0.2, 0) is 0 Å². The fourth-order valence-corrected chi connectivity index (χ4v) is 2.17. The Morgan fingerprint density at radius 3 is 2.55 bits per heavy atom. The lowest BCUT2D eigenvalue weighted by molar-refractivity contribution is 0.260. The Kier molecular flexibility index (Phi) is 8.82. The van der Waals surface area contributed by atoms with E-state index in [2.05, 4.69) is 47.9 Å². The summed E-state index contributed by atoms with van der Waals surface area (Å²) in [5, 5.41) is 3.37. The van der Waals surface area contributed by atoms with Crippen molar-refractivity contribution in [2.75, 3.05) is 38.1 Å². The Hall–Kier alpha value is -1.36. The van der Waals surface area contributed by atoms with Crippen LogP contribution in [0.5, 0.6) is 5.88 Å². The molecule has 0 fully saturated rings. The van der Waals surface area contributed by atoms with E-state index >= 15 is 0 Å². The standard InChI is InChI=1S/C17H32N4O/c1-6-21(7-2)11-9-8-10-18-16-12-17(20-15(5)19-16)22-13-14(3)4/h12,14H,6-11,13H2,1-5H3,(H,18,19,20). The molecule has 0 aliphatic heterocycles. The normalized spacial score (nSPS) is 11.2. The highest BCUT2D eigenvalue weighted by Gasteiger charge is 2.04. The monoisotopic (exact) mass is 308 g/mol. The Morgan fingerprint density at radius 2 is 1.91 bits per heavy atom. The van der Waals surface area contributed by atoms with Crippen LogP contribution in [0.4, 0.5) is 5.82 Å². The number of nitrogens with zero attached hydrogens (tertiary/aromatic N) is 3. The van der Waals surface area contributed by atoms with Crippen molar-refractivity contribution in [1.29, 1.82) is 0 Å². The van der Waals surface area contributed by atoms with E-state index in [1.807, 2.05) is 13.0 Å². The van der Waals surface area contributed by atoms with E-state index in [0.29, 0.717) is 18.4 Å². The van der Waals surface area contributed by atoms with E-state index in [1.54, 1.807) is 0 Å². The van der Waals surface area contributed by atoms with E-state index in [4.69, 9.17) is 4.74 Å². The topological polar surface area (TPSA) is 50.3 Å². The second-order valence-electron chi connectivity index (χ2n) is 6.00. The van der Waals surface area contributed by atoms with Gasteiger partial charge in [-0.05, 0) is 45.3 Å². The zero-order valence-corrected chi connectivity index (χ0v) is 14.9. The maximum atomic E-state index is 5.68. The molecule has 5 heteroatoms. The quantitative estimate of drug-likeness (QED) is 0.635. The zero-order valence-electron chi connectivity index (χ0n) is 14.9. The molecule has 0 bridgehead atoms. The van der Waals surface area contributed by atoms with Crippen LogP contribution < -0.4 is 10.1 Å². The number of aryl methyl sites for hydroxylation is 1. The van der Waals surface area contributed by atoms with E-state index < -0.39 is 0 Å². The second kappa shape index (κ2) is 10.4. The van der Waals surface area contributed by atoms with E-state index in [0.717, 1.165) is 37.7 Å². The maximum Gasteiger partial charge on any atom is 0.218 e. The van der Waals surface area contributed by atoms with E-state index in [1.165, 1.54) is 13.0 Å². The van der Waals surface area contributed by atoms with Gasteiger partial charge in [0.05, 0.1) is 6.61 Å². The van der Waals surface area contributed by atoms with Crippen molar-refractivity contribution in [2.45, 2.75) is 47.5 Å². The van der Waals surface area contributed by atoms with Gasteiger partial charge in [0.2, 0.25) is 5.88 Å². The Morgan fingerprint density at radius 1 is 1.18 bits per heavy atom. The summed E-state index contributed by atoms with van der Waals surface area (Å²) in [6.45, 7) is 15.6. The average molecular weight is 308 g/mol. The zero-order chi connectivity index (χ0) is 16.4. The fourth-order valence-electron chi connectivity index (χ4n) is 2.17. The molecule has 1 heterocycles. The Bertz CT molecular complexity index is 419. The minimum Gasteiger partial charge on any atom is -0.477 e. The van der Waals surface area contributed by atoms with E-state index in [-0.39, 0.29) is 0 Å². The van der Waals surface area contributed by atoms with Gasteiger partial charge in [0.25, 0.3) is 0 Å². The summed E-state index contributed by atoms with van der Waals surface area (Å²) in [6.07, 6.45) is 2.34. The summed E-state index contributed by atoms with van der Waals surface area (Å²) < 4.78 is 5.68. The third-order valence-electron chi connectivity index (χ3n) is 3.48. The summed E-state index contributed by atoms with van der Waals surface area (Å²) in [5.74, 6) is 2.75. The number of rotatable bonds is 11. The van der Waals surface area contributed by atoms with Crippen LogP contribution in [0.3, 0.4) is 0 Å². The van der Waals surface area contributed by atoms with Gasteiger partial charge in [0.15, 0.2) is 0 Å². The molecule has 22 heavy (non-hydrogen) atoms. The number of ether oxygens (including phenoxy) is 1. The molecule has 0 aliphatic carbocycles. The van der Waals surface area contributed by atoms with Crippen molar-refractivity contribution in [3.05, 3.63) is 11.9 Å². The van der Waals surface area contributed by atoms with Crippen molar-refractivity contribution in [3.8, 4) is 5.88 Å². The van der Waals surface area contributed by atoms with Gasteiger partial charge < -0.3 is 15.0 Å². The molecule has 0 aliphatic rings. The summed E-state index contributed by atoms with van der Waals surface area (Å²) in [6, 6.07) is 1.89. The minimum absolute atomic E-state index is 0.492. The van der Waals surface area contributed by atoms with Gasteiger partial charge in [0, 0.05) is 12.6 Å². The smallest absolute Gasteiger partial charge is 0.218 e. The molecule has 0 saturated heterocycles. The Balaban J connectivity index is 2.35. The van der Waals surface area contributed by atoms with Gasteiger partial charge in [-0.1, -0.05) is 27.7 Å². The van der Waals surface area contributed by atoms with Crippen molar-refractivity contribution in [3.63, 3.8) is 0 Å². The molecule has 0 spiro atoms. The predicted molar refractivity (Wildman–Crippen MR) is 92.6 cm³/mol. The third kappa shape index (κ3) is 7.59. The van der Waals surface area contributed by atoms with Crippen LogP contribution >= 0.6 is 0 Å². The van der Waals surface area contributed by atoms with Crippen molar-refractivity contribution >= 4 is 5.82 Å². The molecule has 0 radical (unpaired) electrons. The largest absolute Gasteiger partial charge is 0.477 e. The first-order valence-electron chi connectivity index (χ1n) is 8.49. The summed E-state index contributed by atoms with van der Waals surface area (Å²) >= 11 is 0. The average Bonchev–Trinajstić information content (AvgIpc) is 2.48. The van der Waals surface area contributed by atoms with Crippen LogP contribution in [0, 0.1) is 12.8 Å². The van der Waals surface area contributed by atoms with Gasteiger partial charge in [-0.25, -0.2) is 4.98 Å². The van der Waals surface area contributed by atoms with Gasteiger partial charge in [-0.2, -0.15) is 4.98 Å². The molecule has 1 rings (SSSR count). The lowest BCUT2D eigenvalue weighted by Gasteiger charge is -2.17. The highest BCUT2D eigenvalue weighted by atomic mass is 16.5. The van der Waals surface area contributed by atoms with Crippen molar-refractivity contribution in [1.82, 2.24) is 14.9 Å². The molecule has 0 saturated carbocycles. The molecule has 0 unspecified atom stereocenters. The first-order chi connectivity index (χ1) is 10.5. The fraction of sp³-hybridized carbons (Fsp3) is 0.765. The third-order valence-corrected chi connectivity index (χ3v) is 3.48. The van der Waals surface area contributed by atoms with Crippen LogP contribution in [-0.4, -0.2) is 47.7 Å². The molecule has 0 atom stereocenters.